The lowest BCUT2D eigenvalue weighted by Crippen LogP contribution is -2.13. The van der Waals surface area contributed by atoms with E-state index in [0.29, 0.717) is 23.0 Å². The molecule has 2 rings (SSSR count). The second kappa shape index (κ2) is 6.54. The summed E-state index contributed by atoms with van der Waals surface area (Å²) in [5.74, 6) is -0.843. The van der Waals surface area contributed by atoms with Crippen molar-refractivity contribution in [1.29, 1.82) is 0 Å². The quantitative estimate of drug-likeness (QED) is 0.933. The summed E-state index contributed by atoms with van der Waals surface area (Å²) in [6, 6.07) is 5.80. The van der Waals surface area contributed by atoms with Crippen LogP contribution in [0.25, 0.3) is 0 Å². The van der Waals surface area contributed by atoms with E-state index in [9.17, 15) is 9.18 Å². The van der Waals surface area contributed by atoms with Gasteiger partial charge in [-0.25, -0.2) is 4.39 Å². The van der Waals surface area contributed by atoms with Crippen molar-refractivity contribution in [2.24, 2.45) is 0 Å². The molecule has 0 fully saturated rings. The van der Waals surface area contributed by atoms with Crippen molar-refractivity contribution in [3.63, 3.8) is 0 Å². The molecule has 110 valence electrons. The summed E-state index contributed by atoms with van der Waals surface area (Å²) >= 11 is 5.99. The molecule has 6 heteroatoms. The summed E-state index contributed by atoms with van der Waals surface area (Å²) in [4.78, 5) is 16.1. The Hall–Kier alpha value is -2.14. The van der Waals surface area contributed by atoms with E-state index < -0.39 is 11.7 Å². The summed E-state index contributed by atoms with van der Waals surface area (Å²) in [6.45, 7) is 3.91. The van der Waals surface area contributed by atoms with Crippen molar-refractivity contribution in [3.8, 4) is 5.75 Å². The Morgan fingerprint density at radius 1 is 1.43 bits per heavy atom. The van der Waals surface area contributed by atoms with Gasteiger partial charge in [0, 0.05) is 23.6 Å². The molecule has 0 spiro atoms. The maximum absolute atomic E-state index is 13.7. The van der Waals surface area contributed by atoms with Crippen molar-refractivity contribution in [1.82, 2.24) is 4.98 Å². The Balaban J connectivity index is 2.17. The highest BCUT2D eigenvalue weighted by Gasteiger charge is 2.12. The van der Waals surface area contributed by atoms with Crippen LogP contribution >= 0.6 is 11.6 Å². The summed E-state index contributed by atoms with van der Waals surface area (Å²) in [7, 11) is 0. The number of aryl methyl sites for hydroxylation is 1. The van der Waals surface area contributed by atoms with E-state index in [4.69, 9.17) is 16.3 Å². The lowest BCUT2D eigenvalue weighted by Gasteiger charge is -2.09. The van der Waals surface area contributed by atoms with Crippen molar-refractivity contribution >= 4 is 23.2 Å². The third-order valence-electron chi connectivity index (χ3n) is 2.72. The van der Waals surface area contributed by atoms with Gasteiger partial charge in [-0.3, -0.25) is 9.78 Å². The molecule has 0 saturated heterocycles. The van der Waals surface area contributed by atoms with E-state index in [1.165, 1.54) is 18.3 Å². The van der Waals surface area contributed by atoms with Crippen LogP contribution in [-0.4, -0.2) is 17.5 Å². The standard InChI is InChI=1S/C15H14ClFN2O2/c1-3-21-14-5-4-10(7-13(14)17)19-15(20)11-8-18-9(2)6-12(11)16/h4-8H,3H2,1-2H3,(H,19,20). The van der Waals surface area contributed by atoms with Crippen molar-refractivity contribution < 1.29 is 13.9 Å². The average molecular weight is 309 g/mol. The van der Waals surface area contributed by atoms with Gasteiger partial charge in [0.1, 0.15) is 0 Å². The van der Waals surface area contributed by atoms with E-state index in [1.54, 1.807) is 26.0 Å². The molecule has 0 aliphatic rings. The van der Waals surface area contributed by atoms with Crippen LogP contribution in [-0.2, 0) is 0 Å². The van der Waals surface area contributed by atoms with Crippen LogP contribution in [0.15, 0.2) is 30.5 Å². The molecular weight excluding hydrogens is 295 g/mol. The van der Waals surface area contributed by atoms with Gasteiger partial charge >= 0.3 is 0 Å². The van der Waals surface area contributed by atoms with Crippen molar-refractivity contribution in [2.45, 2.75) is 13.8 Å². The third-order valence-corrected chi connectivity index (χ3v) is 3.04. The molecule has 0 unspecified atom stereocenters. The van der Waals surface area contributed by atoms with Crippen LogP contribution in [0, 0.1) is 12.7 Å². The van der Waals surface area contributed by atoms with E-state index in [0.717, 1.165) is 0 Å². The molecule has 1 N–H and O–H groups in total. The Morgan fingerprint density at radius 2 is 2.19 bits per heavy atom. The molecule has 0 aliphatic carbocycles. The first-order valence-electron chi connectivity index (χ1n) is 6.37. The van der Waals surface area contributed by atoms with E-state index in [1.807, 2.05) is 0 Å². The molecule has 1 heterocycles. The number of pyridine rings is 1. The predicted molar refractivity (Wildman–Crippen MR) is 79.5 cm³/mol. The average Bonchev–Trinajstić information content (AvgIpc) is 2.41. The largest absolute Gasteiger partial charge is 0.491 e. The predicted octanol–water partition coefficient (Wildman–Crippen LogP) is 3.83. The number of amides is 1. The zero-order chi connectivity index (χ0) is 15.4. The van der Waals surface area contributed by atoms with Crippen LogP contribution in [0.5, 0.6) is 5.75 Å². The minimum absolute atomic E-state index is 0.144. The molecule has 0 radical (unpaired) electrons. The molecule has 0 aliphatic heterocycles. The monoisotopic (exact) mass is 308 g/mol. The molecule has 1 aromatic carbocycles. The highest BCUT2D eigenvalue weighted by Crippen LogP contribution is 2.22. The minimum atomic E-state index is -0.539. The lowest BCUT2D eigenvalue weighted by molar-refractivity contribution is 0.102. The highest BCUT2D eigenvalue weighted by molar-refractivity contribution is 6.34. The molecule has 1 aromatic heterocycles. The van der Waals surface area contributed by atoms with Gasteiger partial charge in [0.15, 0.2) is 11.6 Å². The number of anilines is 1. The molecule has 4 nitrogen and oxygen atoms in total. The van der Waals surface area contributed by atoms with Gasteiger partial charge in [-0.1, -0.05) is 11.6 Å². The number of nitrogens with zero attached hydrogens (tertiary/aromatic N) is 1. The first-order valence-corrected chi connectivity index (χ1v) is 6.75. The Morgan fingerprint density at radius 3 is 2.81 bits per heavy atom. The van der Waals surface area contributed by atoms with E-state index in [2.05, 4.69) is 10.3 Å². The number of hydrogen-bond acceptors (Lipinski definition) is 3. The molecule has 1 amide bonds. The van der Waals surface area contributed by atoms with Gasteiger partial charge in [-0.15, -0.1) is 0 Å². The molecule has 0 atom stereocenters. The van der Waals surface area contributed by atoms with Gasteiger partial charge < -0.3 is 10.1 Å². The second-order valence-corrected chi connectivity index (χ2v) is 4.75. The fourth-order valence-corrected chi connectivity index (χ4v) is 2.04. The van der Waals surface area contributed by atoms with Crippen molar-refractivity contribution in [2.75, 3.05) is 11.9 Å². The summed E-state index contributed by atoms with van der Waals surface area (Å²) in [6.07, 6.45) is 1.39. The van der Waals surface area contributed by atoms with E-state index in [-0.39, 0.29) is 11.3 Å². The number of aromatic nitrogens is 1. The van der Waals surface area contributed by atoms with Gasteiger partial charge in [-0.2, -0.15) is 0 Å². The van der Waals surface area contributed by atoms with Crippen LogP contribution < -0.4 is 10.1 Å². The maximum Gasteiger partial charge on any atom is 0.258 e. The normalized spacial score (nSPS) is 10.3. The molecule has 21 heavy (non-hydrogen) atoms. The topological polar surface area (TPSA) is 51.2 Å². The Labute approximate surface area is 126 Å². The Bertz CT molecular complexity index is 677. The number of ether oxygens (including phenoxy) is 1. The smallest absolute Gasteiger partial charge is 0.258 e. The second-order valence-electron chi connectivity index (χ2n) is 4.34. The minimum Gasteiger partial charge on any atom is -0.491 e. The van der Waals surface area contributed by atoms with Crippen LogP contribution in [0.1, 0.15) is 23.0 Å². The van der Waals surface area contributed by atoms with E-state index >= 15 is 0 Å². The SMILES string of the molecule is CCOc1ccc(NC(=O)c2cnc(C)cc2Cl)cc1F. The molecule has 2 aromatic rings. The number of halogens is 2. The first-order chi connectivity index (χ1) is 10.0. The number of rotatable bonds is 4. The third kappa shape index (κ3) is 3.70. The number of carbonyl (C=O) groups is 1. The summed E-state index contributed by atoms with van der Waals surface area (Å²) in [5.41, 5.74) is 1.26. The van der Waals surface area contributed by atoms with Gasteiger partial charge in [0.25, 0.3) is 5.91 Å². The fourth-order valence-electron chi connectivity index (χ4n) is 1.74. The molecule has 0 bridgehead atoms. The summed E-state index contributed by atoms with van der Waals surface area (Å²) in [5, 5.41) is 2.87. The van der Waals surface area contributed by atoms with Crippen LogP contribution in [0.4, 0.5) is 10.1 Å². The summed E-state index contributed by atoms with van der Waals surface area (Å²) < 4.78 is 18.8. The lowest BCUT2D eigenvalue weighted by atomic mass is 10.2. The number of hydrogen-bond donors (Lipinski definition) is 1. The van der Waals surface area contributed by atoms with Gasteiger partial charge in [0.2, 0.25) is 0 Å². The van der Waals surface area contributed by atoms with Crippen LogP contribution in [0.2, 0.25) is 5.02 Å². The fraction of sp³-hybridized carbons (Fsp3) is 0.200. The molecular formula is C15H14ClFN2O2. The van der Waals surface area contributed by atoms with Gasteiger partial charge in [-0.05, 0) is 32.0 Å². The number of carbonyl (C=O) groups excluding carboxylic acids is 1. The molecule has 0 saturated carbocycles. The maximum atomic E-state index is 13.7. The number of benzene rings is 1. The zero-order valence-electron chi connectivity index (χ0n) is 11.6. The zero-order valence-corrected chi connectivity index (χ0v) is 12.4. The number of nitrogens with one attached hydrogen (secondary N) is 1. The van der Waals surface area contributed by atoms with Crippen LogP contribution in [0.3, 0.4) is 0 Å². The first kappa shape index (κ1) is 15.3. The Kier molecular flexibility index (Phi) is 4.75. The van der Waals surface area contributed by atoms with Gasteiger partial charge in [0.05, 0.1) is 17.2 Å². The highest BCUT2D eigenvalue weighted by atomic mass is 35.5. The van der Waals surface area contributed by atoms with Crippen molar-refractivity contribution in [3.05, 3.63) is 52.6 Å².